The average Bonchev–Trinajstić information content (AvgIpc) is 3.34. The Morgan fingerprint density at radius 3 is 1.39 bits per heavy atom. The SMILES string of the molecule is CCCCCCC(=O)N[C@H](CCC(=O)N[C@H](CSC[C@H](NC(=O)OCc1ccccc1)C(=O)OCc1ccccc1)C(=O)N[C@H](C)C(=O)OCc1ccccc1)C(=O)OCc1ccccc1. The number of hydrogen-bond acceptors (Lipinski definition) is 12. The van der Waals surface area contributed by atoms with Gasteiger partial charge in [-0.1, -0.05) is 148 Å². The number of amides is 4. The molecule has 0 heterocycles. The zero-order valence-electron chi connectivity index (χ0n) is 37.4. The Bertz CT molecular complexity index is 2110. The van der Waals surface area contributed by atoms with Crippen LogP contribution in [0.4, 0.5) is 4.79 Å². The van der Waals surface area contributed by atoms with Crippen LogP contribution in [-0.2, 0) is 74.1 Å². The van der Waals surface area contributed by atoms with E-state index in [-0.39, 0.29) is 63.1 Å². The number of esters is 3. The average molecular weight is 925 g/mol. The topological polar surface area (TPSA) is 205 Å². The number of thioether (sulfide) groups is 1. The molecule has 15 nitrogen and oxygen atoms in total. The van der Waals surface area contributed by atoms with Crippen molar-refractivity contribution in [3.8, 4) is 0 Å². The van der Waals surface area contributed by atoms with Gasteiger partial charge in [0, 0.05) is 24.3 Å². The second-order valence-corrected chi connectivity index (χ2v) is 16.5. The lowest BCUT2D eigenvalue weighted by Gasteiger charge is -2.23. The molecule has 0 aliphatic carbocycles. The van der Waals surface area contributed by atoms with E-state index in [4.69, 9.17) is 18.9 Å². The summed E-state index contributed by atoms with van der Waals surface area (Å²) >= 11 is 1.05. The lowest BCUT2D eigenvalue weighted by Crippen LogP contribution is -2.52. The van der Waals surface area contributed by atoms with Crippen LogP contribution in [0.3, 0.4) is 0 Å². The molecule has 0 bridgehead atoms. The normalized spacial score (nSPS) is 12.5. The maximum atomic E-state index is 13.8. The van der Waals surface area contributed by atoms with Gasteiger partial charge in [0.15, 0.2) is 0 Å². The molecule has 0 unspecified atom stereocenters. The Labute approximate surface area is 390 Å². The molecule has 0 spiro atoms. The summed E-state index contributed by atoms with van der Waals surface area (Å²) in [6.07, 6.45) is 2.31. The van der Waals surface area contributed by atoms with Crippen LogP contribution in [0.1, 0.15) is 81.0 Å². The summed E-state index contributed by atoms with van der Waals surface area (Å²) in [5.74, 6) is -4.18. The fourth-order valence-electron chi connectivity index (χ4n) is 6.22. The Morgan fingerprint density at radius 2 is 0.894 bits per heavy atom. The number of carbonyl (C=O) groups excluding carboxylic acids is 7. The standard InChI is InChI=1S/C50H60N4O11S/c1-3-4-5-18-27-44(55)52-41(48(59)63-31-38-21-12-7-13-22-38)28-29-45(56)53-42(46(57)51-36(2)47(58)62-30-37-19-10-6-11-20-37)34-66-35-43(49(60)64-32-39-23-14-8-15-24-39)54-50(61)65-33-40-25-16-9-17-26-40/h6-17,19-26,36,41-43H,3-5,18,27-35H2,1-2H3,(H,51,57)(H,52,55)(H,53,56)(H,54,61)/t36-,41-,42-,43+/m1/s1. The van der Waals surface area contributed by atoms with Crippen LogP contribution in [0.5, 0.6) is 0 Å². The van der Waals surface area contributed by atoms with E-state index in [0.29, 0.717) is 6.42 Å². The number of carbonyl (C=O) groups is 7. The van der Waals surface area contributed by atoms with Crippen LogP contribution >= 0.6 is 11.8 Å². The zero-order chi connectivity index (χ0) is 47.4. The van der Waals surface area contributed by atoms with E-state index in [9.17, 15) is 33.6 Å². The third kappa shape index (κ3) is 20.4. The maximum Gasteiger partial charge on any atom is 0.408 e. The van der Waals surface area contributed by atoms with Gasteiger partial charge in [-0.15, -0.1) is 0 Å². The summed E-state index contributed by atoms with van der Waals surface area (Å²) in [4.78, 5) is 93.0. The third-order valence-corrected chi connectivity index (χ3v) is 11.1. The van der Waals surface area contributed by atoms with Gasteiger partial charge >= 0.3 is 24.0 Å². The first-order chi connectivity index (χ1) is 32.0. The van der Waals surface area contributed by atoms with Gasteiger partial charge in [0.1, 0.15) is 50.6 Å². The minimum absolute atomic E-state index is 0.0251. The van der Waals surface area contributed by atoms with Gasteiger partial charge in [-0.25, -0.2) is 19.2 Å². The molecule has 0 radical (unpaired) electrons. The quantitative estimate of drug-likeness (QED) is 0.0275. The first-order valence-corrected chi connectivity index (χ1v) is 23.2. The third-order valence-electron chi connectivity index (χ3n) is 9.93. The lowest BCUT2D eigenvalue weighted by atomic mass is 10.1. The van der Waals surface area contributed by atoms with Crippen LogP contribution < -0.4 is 21.3 Å². The van der Waals surface area contributed by atoms with E-state index in [1.54, 1.807) is 97.1 Å². The summed E-state index contributed by atoms with van der Waals surface area (Å²) in [5.41, 5.74) is 2.94. The van der Waals surface area contributed by atoms with Gasteiger partial charge in [0.2, 0.25) is 17.7 Å². The minimum atomic E-state index is -1.28. The second-order valence-electron chi connectivity index (χ2n) is 15.4. The number of alkyl carbamates (subject to hydrolysis) is 1. The van der Waals surface area contributed by atoms with Crippen molar-refractivity contribution in [1.29, 1.82) is 0 Å². The van der Waals surface area contributed by atoms with Gasteiger partial charge < -0.3 is 40.2 Å². The summed E-state index contributed by atoms with van der Waals surface area (Å²) in [7, 11) is 0. The van der Waals surface area contributed by atoms with E-state index < -0.39 is 60.0 Å². The minimum Gasteiger partial charge on any atom is -0.459 e. The molecule has 0 aliphatic rings. The van der Waals surface area contributed by atoms with E-state index in [1.165, 1.54) is 6.92 Å². The smallest absolute Gasteiger partial charge is 0.408 e. The Morgan fingerprint density at radius 1 is 0.470 bits per heavy atom. The zero-order valence-corrected chi connectivity index (χ0v) is 38.3. The van der Waals surface area contributed by atoms with Crippen LogP contribution in [0, 0.1) is 0 Å². The molecular formula is C50H60N4O11S. The highest BCUT2D eigenvalue weighted by Crippen LogP contribution is 2.13. The van der Waals surface area contributed by atoms with Gasteiger partial charge in [0.25, 0.3) is 0 Å². The molecular weight excluding hydrogens is 865 g/mol. The van der Waals surface area contributed by atoms with Crippen LogP contribution in [0.25, 0.3) is 0 Å². The molecule has 0 aromatic heterocycles. The Balaban J connectivity index is 1.45. The molecule has 66 heavy (non-hydrogen) atoms. The molecule has 16 heteroatoms. The van der Waals surface area contributed by atoms with Gasteiger partial charge in [-0.2, -0.15) is 11.8 Å². The first-order valence-electron chi connectivity index (χ1n) is 22.1. The first kappa shape index (κ1) is 51.9. The van der Waals surface area contributed by atoms with Crippen molar-refractivity contribution in [1.82, 2.24) is 21.3 Å². The van der Waals surface area contributed by atoms with Crippen molar-refractivity contribution in [2.45, 2.75) is 109 Å². The number of ether oxygens (including phenoxy) is 4. The van der Waals surface area contributed by atoms with Gasteiger partial charge in [0.05, 0.1) is 0 Å². The molecule has 4 aromatic carbocycles. The van der Waals surface area contributed by atoms with Crippen molar-refractivity contribution in [3.05, 3.63) is 144 Å². The summed E-state index contributed by atoms with van der Waals surface area (Å²) in [6.45, 7) is 3.31. The highest BCUT2D eigenvalue weighted by Gasteiger charge is 2.30. The monoisotopic (exact) mass is 924 g/mol. The van der Waals surface area contributed by atoms with E-state index in [1.807, 2.05) is 24.3 Å². The Kier molecular flexibility index (Phi) is 23.4. The number of rotatable bonds is 28. The lowest BCUT2D eigenvalue weighted by molar-refractivity contribution is -0.149. The van der Waals surface area contributed by atoms with Crippen molar-refractivity contribution in [2.75, 3.05) is 11.5 Å². The maximum absolute atomic E-state index is 13.8. The molecule has 4 atom stereocenters. The molecule has 4 aromatic rings. The van der Waals surface area contributed by atoms with Crippen LogP contribution in [0.15, 0.2) is 121 Å². The van der Waals surface area contributed by atoms with E-state index in [0.717, 1.165) is 53.3 Å². The molecule has 4 N–H and O–H groups in total. The number of benzene rings is 4. The summed E-state index contributed by atoms with van der Waals surface area (Å²) in [5, 5.41) is 10.6. The highest BCUT2D eigenvalue weighted by atomic mass is 32.2. The highest BCUT2D eigenvalue weighted by molar-refractivity contribution is 7.99. The number of hydrogen-bond donors (Lipinski definition) is 4. The van der Waals surface area contributed by atoms with Crippen molar-refractivity contribution in [3.63, 3.8) is 0 Å². The largest absolute Gasteiger partial charge is 0.459 e. The summed E-state index contributed by atoms with van der Waals surface area (Å²) in [6, 6.07) is 31.2. The fraction of sp³-hybridized carbons (Fsp3) is 0.380. The molecule has 352 valence electrons. The molecule has 0 aliphatic heterocycles. The molecule has 4 rings (SSSR count). The van der Waals surface area contributed by atoms with Crippen LogP contribution in [0.2, 0.25) is 0 Å². The molecule has 4 amide bonds. The number of nitrogens with one attached hydrogen (secondary N) is 4. The molecule has 0 saturated carbocycles. The molecule has 0 fully saturated rings. The molecule has 0 saturated heterocycles. The Hall–Kier alpha value is -6.68. The van der Waals surface area contributed by atoms with Crippen molar-refractivity contribution >= 4 is 53.5 Å². The van der Waals surface area contributed by atoms with Crippen molar-refractivity contribution in [2.24, 2.45) is 0 Å². The predicted molar refractivity (Wildman–Crippen MR) is 249 cm³/mol. The van der Waals surface area contributed by atoms with Crippen molar-refractivity contribution < 1.29 is 52.5 Å². The predicted octanol–water partition coefficient (Wildman–Crippen LogP) is 6.47. The van der Waals surface area contributed by atoms with Gasteiger partial charge in [-0.05, 0) is 42.0 Å². The second kappa shape index (κ2) is 29.7. The van der Waals surface area contributed by atoms with E-state index >= 15 is 0 Å². The fourth-order valence-corrected chi connectivity index (χ4v) is 7.28. The summed E-state index contributed by atoms with van der Waals surface area (Å²) < 4.78 is 21.8. The van der Waals surface area contributed by atoms with Gasteiger partial charge in [-0.3, -0.25) is 14.4 Å². The van der Waals surface area contributed by atoms with Crippen LogP contribution in [-0.4, -0.2) is 77.4 Å². The number of unbranched alkanes of at least 4 members (excludes halogenated alkanes) is 3. The van der Waals surface area contributed by atoms with E-state index in [2.05, 4.69) is 28.2 Å².